The van der Waals surface area contributed by atoms with Crippen LogP contribution >= 0.6 is 11.8 Å². The number of hydrogen-bond acceptors (Lipinski definition) is 8. The molecule has 0 atom stereocenters. The molecule has 0 aliphatic carbocycles. The minimum atomic E-state index is -3.58. The molecule has 0 fully saturated rings. The summed E-state index contributed by atoms with van der Waals surface area (Å²) in [6, 6.07) is 14.8. The van der Waals surface area contributed by atoms with E-state index in [2.05, 4.69) is 10.1 Å². The highest BCUT2D eigenvalue weighted by molar-refractivity contribution is 8.42. The van der Waals surface area contributed by atoms with Crippen molar-refractivity contribution in [1.82, 2.24) is 5.01 Å². The van der Waals surface area contributed by atoms with Gasteiger partial charge in [0, 0.05) is 6.26 Å². The van der Waals surface area contributed by atoms with Gasteiger partial charge in [-0.1, -0.05) is 36.4 Å². The lowest BCUT2D eigenvalue weighted by atomic mass is 10.1. The Kier molecular flexibility index (Phi) is 5.85. The lowest BCUT2D eigenvalue weighted by Gasteiger charge is -2.20. The molecule has 2 heterocycles. The third kappa shape index (κ3) is 4.43. The van der Waals surface area contributed by atoms with Gasteiger partial charge >= 0.3 is 0 Å². The molecule has 0 saturated carbocycles. The third-order valence-corrected chi connectivity index (χ3v) is 7.07. The Bertz CT molecular complexity index is 1300. The zero-order chi connectivity index (χ0) is 22.9. The fourth-order valence-electron chi connectivity index (χ4n) is 2.92. The lowest BCUT2D eigenvalue weighted by molar-refractivity contribution is -0.114. The van der Waals surface area contributed by atoms with Crippen molar-refractivity contribution in [3.63, 3.8) is 0 Å². The Hall–Kier alpha value is -3.44. The fraction of sp³-hybridized carbons (Fsp3) is 0.143. The van der Waals surface area contributed by atoms with Crippen molar-refractivity contribution in [1.29, 1.82) is 5.41 Å². The first-order valence-corrected chi connectivity index (χ1v) is 12.0. The first-order valence-electron chi connectivity index (χ1n) is 9.31. The topological polar surface area (TPSA) is 121 Å². The van der Waals surface area contributed by atoms with E-state index in [9.17, 15) is 13.2 Å². The van der Waals surface area contributed by atoms with Gasteiger partial charge in [0.1, 0.15) is 6.61 Å². The molecule has 2 aromatic rings. The number of amides is 1. The minimum absolute atomic E-state index is 0.0205. The Labute approximate surface area is 188 Å². The summed E-state index contributed by atoms with van der Waals surface area (Å²) in [6.45, 7) is 0.367. The normalized spacial score (nSPS) is 17.2. The molecule has 164 valence electrons. The van der Waals surface area contributed by atoms with Gasteiger partial charge in [0.05, 0.1) is 12.7 Å². The number of methoxy groups -OCH3 is 1. The number of aliphatic imine (C=N–C) groups is 1. The summed E-state index contributed by atoms with van der Waals surface area (Å²) in [4.78, 5) is 16.4. The lowest BCUT2D eigenvalue weighted by Crippen LogP contribution is -2.35. The average molecular weight is 471 g/mol. The number of hydrazone groups is 1. The molecule has 0 radical (unpaired) electrons. The molecule has 0 saturated heterocycles. The monoisotopic (exact) mass is 470 g/mol. The van der Waals surface area contributed by atoms with E-state index in [1.165, 1.54) is 13.2 Å². The van der Waals surface area contributed by atoms with Crippen LogP contribution in [0.25, 0.3) is 6.08 Å². The molecule has 0 spiro atoms. The van der Waals surface area contributed by atoms with Gasteiger partial charge in [-0.2, -0.15) is 10.0 Å². The van der Waals surface area contributed by atoms with Gasteiger partial charge in [-0.25, -0.2) is 8.42 Å². The summed E-state index contributed by atoms with van der Waals surface area (Å²) in [5, 5.41) is 13.3. The van der Waals surface area contributed by atoms with Crippen LogP contribution < -0.4 is 9.47 Å². The van der Waals surface area contributed by atoms with Crippen LogP contribution in [-0.4, -0.2) is 48.1 Å². The van der Waals surface area contributed by atoms with Gasteiger partial charge in [-0.15, -0.1) is 5.10 Å². The Morgan fingerprint density at radius 3 is 2.59 bits per heavy atom. The van der Waals surface area contributed by atoms with Crippen LogP contribution in [0.3, 0.4) is 0 Å². The molecule has 0 unspecified atom stereocenters. The van der Waals surface area contributed by atoms with Crippen LogP contribution in [0.15, 0.2) is 64.2 Å². The molecular weight excluding hydrogens is 452 g/mol. The number of thioether (sulfide) groups is 1. The highest BCUT2D eigenvalue weighted by Gasteiger charge is 2.38. The number of fused-ring (bicyclic) bond motifs is 1. The van der Waals surface area contributed by atoms with Crippen LogP contribution in [0.2, 0.25) is 0 Å². The second-order valence-corrected chi connectivity index (χ2v) is 9.99. The van der Waals surface area contributed by atoms with Crippen LogP contribution in [-0.2, 0) is 21.2 Å². The van der Waals surface area contributed by atoms with Crippen molar-refractivity contribution in [2.24, 2.45) is 10.1 Å². The predicted molar refractivity (Wildman–Crippen MR) is 124 cm³/mol. The molecule has 2 aliphatic heterocycles. The molecule has 2 aliphatic rings. The van der Waals surface area contributed by atoms with E-state index < -0.39 is 15.7 Å². The number of hydrogen-bond donors (Lipinski definition) is 1. The smallest absolute Gasteiger partial charge is 0.283 e. The standard InChI is InChI=1S/C21H18N4O5S2/c1-29-17-11-14(8-9-16(17)30-12-13-6-4-3-5-7-13)10-15-18(22)25-20(23-19(15)26)31-21(24-25)32(2,27)28/h3-11,22H,12H2,1-2H3/b15-10+,22-18?. The van der Waals surface area contributed by atoms with Gasteiger partial charge in [0.2, 0.25) is 19.4 Å². The number of benzene rings is 2. The largest absolute Gasteiger partial charge is 0.493 e. The number of carbonyl (C=O) groups excluding carboxylic acids is 1. The highest BCUT2D eigenvalue weighted by atomic mass is 32.3. The molecule has 11 heteroatoms. The SMILES string of the molecule is COc1cc(/C=C2\C(=N)N3N=C(S(C)(=O)=O)SC3=NC2=O)ccc1OCc1ccccc1. The number of ether oxygens (including phenoxy) is 2. The predicted octanol–water partition coefficient (Wildman–Crippen LogP) is 2.90. The molecule has 0 aromatic heterocycles. The van der Waals surface area contributed by atoms with Crippen LogP contribution in [0.1, 0.15) is 11.1 Å². The van der Waals surface area contributed by atoms with E-state index in [-0.39, 0.29) is 21.0 Å². The quantitative estimate of drug-likeness (QED) is 0.667. The van der Waals surface area contributed by atoms with Crippen LogP contribution in [0, 0.1) is 5.41 Å². The maximum atomic E-state index is 12.5. The molecular formula is C21H18N4O5S2. The summed E-state index contributed by atoms with van der Waals surface area (Å²) in [5.41, 5.74) is 1.57. The Morgan fingerprint density at radius 1 is 1.16 bits per heavy atom. The molecule has 1 N–H and O–H groups in total. The number of nitrogens with zero attached hydrogens (tertiary/aromatic N) is 3. The summed E-state index contributed by atoms with van der Waals surface area (Å²) in [7, 11) is -2.08. The molecule has 0 bridgehead atoms. The molecule has 4 rings (SSSR count). The van der Waals surface area contributed by atoms with E-state index in [0.29, 0.717) is 23.7 Å². The second kappa shape index (κ2) is 8.60. The van der Waals surface area contributed by atoms with E-state index in [1.807, 2.05) is 30.3 Å². The van der Waals surface area contributed by atoms with Gasteiger partial charge in [-0.3, -0.25) is 10.2 Å². The average Bonchev–Trinajstić information content (AvgIpc) is 3.21. The highest BCUT2D eigenvalue weighted by Crippen LogP contribution is 2.32. The second-order valence-electron chi connectivity index (χ2n) is 6.84. The zero-order valence-corrected chi connectivity index (χ0v) is 18.7. The first kappa shape index (κ1) is 21.8. The number of rotatable bonds is 5. The van der Waals surface area contributed by atoms with Gasteiger partial charge in [0.25, 0.3) is 5.91 Å². The molecule has 2 aromatic carbocycles. The van der Waals surface area contributed by atoms with Crippen molar-refractivity contribution < 1.29 is 22.7 Å². The Morgan fingerprint density at radius 2 is 1.91 bits per heavy atom. The van der Waals surface area contributed by atoms with Crippen LogP contribution in [0.4, 0.5) is 0 Å². The summed E-state index contributed by atoms with van der Waals surface area (Å²) in [6.07, 6.45) is 2.49. The van der Waals surface area contributed by atoms with E-state index in [4.69, 9.17) is 14.9 Å². The summed E-state index contributed by atoms with van der Waals surface area (Å²) in [5.74, 6) is 0.0853. The van der Waals surface area contributed by atoms with Crippen molar-refractivity contribution in [3.05, 3.63) is 65.2 Å². The van der Waals surface area contributed by atoms with Crippen molar-refractivity contribution in [2.75, 3.05) is 13.4 Å². The number of sulfone groups is 1. The maximum Gasteiger partial charge on any atom is 0.283 e. The van der Waals surface area contributed by atoms with Crippen molar-refractivity contribution >= 4 is 49.0 Å². The van der Waals surface area contributed by atoms with E-state index >= 15 is 0 Å². The molecule has 32 heavy (non-hydrogen) atoms. The van der Waals surface area contributed by atoms with E-state index in [0.717, 1.165) is 28.6 Å². The molecule has 9 nitrogen and oxygen atoms in total. The number of amidine groups is 2. The fourth-order valence-corrected chi connectivity index (χ4v) is 4.60. The molecule has 1 amide bonds. The number of carbonyl (C=O) groups is 1. The zero-order valence-electron chi connectivity index (χ0n) is 17.1. The van der Waals surface area contributed by atoms with Crippen molar-refractivity contribution in [3.8, 4) is 11.5 Å². The van der Waals surface area contributed by atoms with Crippen molar-refractivity contribution in [2.45, 2.75) is 6.61 Å². The first-order chi connectivity index (χ1) is 15.3. The van der Waals surface area contributed by atoms with E-state index in [1.54, 1.807) is 18.2 Å². The van der Waals surface area contributed by atoms with Gasteiger partial charge in [0.15, 0.2) is 17.3 Å². The minimum Gasteiger partial charge on any atom is -0.493 e. The van der Waals surface area contributed by atoms with Gasteiger partial charge < -0.3 is 9.47 Å². The van der Waals surface area contributed by atoms with Crippen LogP contribution in [0.5, 0.6) is 11.5 Å². The summed E-state index contributed by atoms with van der Waals surface area (Å²) < 4.78 is 34.6. The number of nitrogens with one attached hydrogen (secondary N) is 1. The summed E-state index contributed by atoms with van der Waals surface area (Å²) >= 11 is 0.742. The maximum absolute atomic E-state index is 12.5. The Balaban J connectivity index is 1.59. The van der Waals surface area contributed by atoms with Gasteiger partial charge in [-0.05, 0) is 41.1 Å². The third-order valence-electron chi connectivity index (χ3n) is 4.49.